The highest BCUT2D eigenvalue weighted by atomic mass is 35.5. The third kappa shape index (κ3) is 13.6. The molecule has 2 aliphatic carbocycles. The molecule has 0 radical (unpaired) electrons. The standard InChI is InChI=1S/C65H72ClN11O11S/c1-65(2)22-20-44(52(35-65)42-8-10-45(66)11-9-42)38-72-24-26-74(27-25-72)47-14-16-51(58(33-47)88-48-32-43-21-23-67-61(43)69-37-48)62(80)71-89(85,86)49-15-17-54(56(34-49)77(83)84)68-36-41-6-12-46(13-7-41)73-28-30-75(31-29-73)60(79)40-87-57-5-3-4-50-53(57)39-76(64(50)82)55-18-19-59(78)70-63(55)81/h3-5,8-11,14-17,21,23,32-34,37,41,46,55,68H,6-7,12-13,18-20,22,24-31,35-36,38-40H2,1-2H3,(H,67,69)(H,71,80)(H,70,78,81). The highest BCUT2D eigenvalue weighted by Crippen LogP contribution is 2.44. The second kappa shape index (κ2) is 25.6. The van der Waals surface area contributed by atoms with Gasteiger partial charge >= 0.3 is 0 Å². The molecule has 4 fully saturated rings. The Morgan fingerprint density at radius 3 is 2.39 bits per heavy atom. The first-order valence-electron chi connectivity index (χ1n) is 30.5. The van der Waals surface area contributed by atoms with Crippen LogP contribution < -0.4 is 29.7 Å². The molecule has 4 aromatic carbocycles. The highest BCUT2D eigenvalue weighted by molar-refractivity contribution is 7.90. The molecule has 24 heteroatoms. The lowest BCUT2D eigenvalue weighted by molar-refractivity contribution is -0.384. The molecule has 1 saturated carbocycles. The molecule has 6 aliphatic rings. The Morgan fingerprint density at radius 1 is 0.865 bits per heavy atom. The molecule has 3 saturated heterocycles. The van der Waals surface area contributed by atoms with Gasteiger partial charge in [0.15, 0.2) is 6.61 Å². The number of H-pyrrole nitrogens is 1. The summed E-state index contributed by atoms with van der Waals surface area (Å²) in [7, 11) is -4.65. The zero-order valence-corrected chi connectivity index (χ0v) is 51.4. The van der Waals surface area contributed by atoms with Crippen LogP contribution in [-0.2, 0) is 31.0 Å². The molecule has 5 amide bonds. The van der Waals surface area contributed by atoms with Crippen LogP contribution in [0.25, 0.3) is 16.6 Å². The number of aromatic amines is 1. The van der Waals surface area contributed by atoms with E-state index in [-0.39, 0.29) is 72.0 Å². The Kier molecular flexibility index (Phi) is 17.5. The molecule has 12 rings (SSSR count). The summed E-state index contributed by atoms with van der Waals surface area (Å²) < 4.78 is 42.6. The quantitative estimate of drug-likeness (QED) is 0.0356. The van der Waals surface area contributed by atoms with E-state index in [0.29, 0.717) is 85.2 Å². The van der Waals surface area contributed by atoms with Gasteiger partial charge in [-0.25, -0.2) is 18.1 Å². The number of pyridine rings is 1. The van der Waals surface area contributed by atoms with Crippen LogP contribution in [-0.4, -0.2) is 157 Å². The number of sulfonamides is 1. The van der Waals surface area contributed by atoms with Crippen LogP contribution in [0.1, 0.15) is 103 Å². The van der Waals surface area contributed by atoms with E-state index < -0.39 is 43.4 Å². The lowest BCUT2D eigenvalue weighted by atomic mass is 9.72. The van der Waals surface area contributed by atoms with Gasteiger partial charge in [0.05, 0.1) is 28.1 Å². The number of amides is 5. The van der Waals surface area contributed by atoms with E-state index in [1.807, 2.05) is 18.2 Å². The maximum absolute atomic E-state index is 14.2. The molecule has 6 heterocycles. The largest absolute Gasteiger partial charge is 0.483 e. The first-order chi connectivity index (χ1) is 42.8. The number of nitro groups is 1. The van der Waals surface area contributed by atoms with Crippen molar-refractivity contribution in [3.8, 4) is 17.2 Å². The minimum atomic E-state index is -4.65. The number of carbonyl (C=O) groups excluding carboxylic acids is 5. The lowest BCUT2D eigenvalue weighted by Gasteiger charge is -2.42. The first-order valence-corrected chi connectivity index (χ1v) is 32.4. The summed E-state index contributed by atoms with van der Waals surface area (Å²) in [5.41, 5.74) is 6.35. The number of halogens is 1. The number of fused-ring (bicyclic) bond motifs is 2. The summed E-state index contributed by atoms with van der Waals surface area (Å²) in [6.07, 6.45) is 10.3. The number of nitrogens with zero attached hydrogens (tertiary/aromatic N) is 7. The molecule has 4 N–H and O–H groups in total. The van der Waals surface area contributed by atoms with Gasteiger partial charge in [0, 0.05) is 123 Å². The third-order valence-electron chi connectivity index (χ3n) is 18.5. The summed E-state index contributed by atoms with van der Waals surface area (Å²) in [4.78, 5) is 94.4. The summed E-state index contributed by atoms with van der Waals surface area (Å²) >= 11 is 6.28. The van der Waals surface area contributed by atoms with E-state index >= 15 is 0 Å². The summed E-state index contributed by atoms with van der Waals surface area (Å²) in [6.45, 7) is 11.3. The number of ether oxygens (including phenoxy) is 2. The Hall–Kier alpha value is -8.38. The van der Waals surface area contributed by atoms with Crippen molar-refractivity contribution in [1.82, 2.24) is 39.6 Å². The third-order valence-corrected chi connectivity index (χ3v) is 20.1. The number of piperidine rings is 1. The number of nitro benzene ring substituents is 1. The normalized spacial score (nSPS) is 21.0. The Balaban J connectivity index is 0.636. The van der Waals surface area contributed by atoms with Crippen LogP contribution in [0.15, 0.2) is 114 Å². The summed E-state index contributed by atoms with van der Waals surface area (Å²) in [6, 6.07) is 25.0. The Labute approximate surface area is 521 Å². The van der Waals surface area contributed by atoms with Crippen molar-refractivity contribution >= 4 is 84.8 Å². The lowest BCUT2D eigenvalue weighted by Crippen LogP contribution is -2.53. The summed E-state index contributed by atoms with van der Waals surface area (Å²) in [5, 5.41) is 19.5. The van der Waals surface area contributed by atoms with Crippen molar-refractivity contribution in [1.29, 1.82) is 0 Å². The van der Waals surface area contributed by atoms with Crippen molar-refractivity contribution in [3.63, 3.8) is 0 Å². The van der Waals surface area contributed by atoms with Crippen LogP contribution in [0.5, 0.6) is 17.2 Å². The van der Waals surface area contributed by atoms with Gasteiger partial charge in [0.1, 0.15) is 34.6 Å². The maximum Gasteiger partial charge on any atom is 0.293 e. The van der Waals surface area contributed by atoms with Crippen molar-refractivity contribution in [2.75, 3.05) is 82.3 Å². The van der Waals surface area contributed by atoms with Gasteiger partial charge in [-0.3, -0.25) is 49.2 Å². The van der Waals surface area contributed by atoms with Gasteiger partial charge in [0.2, 0.25) is 11.8 Å². The molecule has 2 aromatic heterocycles. The highest BCUT2D eigenvalue weighted by Gasteiger charge is 2.41. The second-order valence-corrected chi connectivity index (χ2v) is 27.0. The molecule has 1 unspecified atom stereocenters. The van der Waals surface area contributed by atoms with Crippen LogP contribution in [0.3, 0.4) is 0 Å². The van der Waals surface area contributed by atoms with E-state index in [0.717, 1.165) is 81.7 Å². The van der Waals surface area contributed by atoms with Crippen LogP contribution >= 0.6 is 11.6 Å². The number of anilines is 2. The fraction of sp³-hybridized carbons (Fsp3) is 0.415. The van der Waals surface area contributed by atoms with Crippen LogP contribution in [0.4, 0.5) is 17.1 Å². The molecule has 6 aromatic rings. The molecule has 89 heavy (non-hydrogen) atoms. The Bertz CT molecular complexity index is 3890. The number of carbonyl (C=O) groups is 5. The minimum absolute atomic E-state index is 0.0647. The number of aromatic nitrogens is 2. The first kappa shape index (κ1) is 60.9. The number of hydrogen-bond acceptors (Lipinski definition) is 16. The zero-order chi connectivity index (χ0) is 62.1. The molecular formula is C65H72ClN11O11S. The number of allylic oxidation sites excluding steroid dienone is 1. The number of benzene rings is 4. The topological polar surface area (TPSA) is 262 Å². The molecule has 1 atom stereocenters. The second-order valence-electron chi connectivity index (χ2n) is 24.9. The van der Waals surface area contributed by atoms with Crippen molar-refractivity contribution in [2.45, 2.75) is 95.2 Å². The van der Waals surface area contributed by atoms with E-state index in [1.165, 1.54) is 46.0 Å². The fourth-order valence-electron chi connectivity index (χ4n) is 13.4. The number of nitrogens with one attached hydrogen (secondary N) is 4. The molecule has 22 nitrogen and oxygen atoms in total. The van der Waals surface area contributed by atoms with E-state index in [2.05, 4.69) is 66.0 Å². The van der Waals surface area contributed by atoms with Gasteiger partial charge in [-0.2, -0.15) is 0 Å². The van der Waals surface area contributed by atoms with Crippen molar-refractivity contribution in [2.24, 2.45) is 11.3 Å². The smallest absolute Gasteiger partial charge is 0.293 e. The molecular weight excluding hydrogens is 1180 g/mol. The number of imide groups is 1. The predicted octanol–water partition coefficient (Wildman–Crippen LogP) is 8.78. The number of hydrogen-bond donors (Lipinski definition) is 4. The zero-order valence-electron chi connectivity index (χ0n) is 49.8. The van der Waals surface area contributed by atoms with E-state index in [1.54, 1.807) is 47.5 Å². The molecule has 4 aliphatic heterocycles. The average molecular weight is 1250 g/mol. The molecule has 466 valence electrons. The SMILES string of the molecule is CC1(C)CCC(CN2CCN(c3ccc(C(=O)NS(=O)(=O)c4ccc(NCC5CCC(N6CCN(C(=O)COc7cccc8c7CN(C7CCC(=O)NC7=O)C8=O)CC6)CC5)c([N+](=O)[O-])c4)c(Oc4cnc5[nH]ccc5c4)c3)CC2)=C(c2ccc(Cl)cc2)C1. The van der Waals surface area contributed by atoms with Gasteiger partial charge in [-0.1, -0.05) is 49.2 Å². The number of rotatable bonds is 18. The predicted molar refractivity (Wildman–Crippen MR) is 335 cm³/mol. The van der Waals surface area contributed by atoms with Crippen LogP contribution in [0, 0.1) is 21.4 Å². The minimum Gasteiger partial charge on any atom is -0.483 e. The van der Waals surface area contributed by atoms with Crippen molar-refractivity contribution < 1.29 is 46.8 Å². The van der Waals surface area contributed by atoms with Gasteiger partial charge < -0.3 is 34.5 Å². The van der Waals surface area contributed by atoms with E-state index in [9.17, 15) is 42.5 Å². The van der Waals surface area contributed by atoms with E-state index in [4.69, 9.17) is 21.1 Å². The monoisotopic (exact) mass is 1250 g/mol. The van der Waals surface area contributed by atoms with Crippen LogP contribution in [0.2, 0.25) is 5.02 Å². The van der Waals surface area contributed by atoms with Gasteiger partial charge in [0.25, 0.3) is 33.4 Å². The average Bonchev–Trinajstić information content (AvgIpc) is 1.80. The molecule has 0 spiro atoms. The molecule has 0 bridgehead atoms. The van der Waals surface area contributed by atoms with Gasteiger partial charge in [-0.05, 0) is 134 Å². The number of piperazine rings is 2. The fourth-order valence-corrected chi connectivity index (χ4v) is 14.5. The summed E-state index contributed by atoms with van der Waals surface area (Å²) in [5.74, 6) is -1.30. The van der Waals surface area contributed by atoms with Crippen molar-refractivity contribution in [3.05, 3.63) is 146 Å². The maximum atomic E-state index is 14.2. The Morgan fingerprint density at radius 2 is 1.64 bits per heavy atom. The van der Waals surface area contributed by atoms with Gasteiger partial charge in [-0.15, -0.1) is 0 Å².